The Kier molecular flexibility index (Phi) is 4.32. The molecule has 5 heteroatoms. The third-order valence-corrected chi connectivity index (χ3v) is 1.74. The second kappa shape index (κ2) is 5.75. The Labute approximate surface area is 92.9 Å². The lowest BCUT2D eigenvalue weighted by molar-refractivity contribution is 0.0522. The van der Waals surface area contributed by atoms with Crippen LogP contribution in [-0.4, -0.2) is 25.8 Å². The van der Waals surface area contributed by atoms with Crippen molar-refractivity contribution in [1.29, 1.82) is 0 Å². The molecule has 0 radical (unpaired) electrons. The van der Waals surface area contributed by atoms with Gasteiger partial charge in [-0.3, -0.25) is 0 Å². The van der Waals surface area contributed by atoms with Crippen molar-refractivity contribution in [3.05, 3.63) is 29.8 Å². The van der Waals surface area contributed by atoms with E-state index in [1.165, 1.54) is 19.2 Å². The number of methoxy groups -OCH3 is 1. The van der Waals surface area contributed by atoms with Crippen LogP contribution in [0.4, 0.5) is 4.79 Å². The van der Waals surface area contributed by atoms with Gasteiger partial charge in [0.2, 0.25) is 0 Å². The lowest BCUT2D eigenvalue weighted by Gasteiger charge is -2.07. The number of benzene rings is 1. The highest BCUT2D eigenvalue weighted by molar-refractivity contribution is 5.93. The molecule has 1 aromatic rings. The predicted octanol–water partition coefficient (Wildman–Crippen LogP) is 2.01. The van der Waals surface area contributed by atoms with Crippen molar-refractivity contribution in [2.24, 2.45) is 0 Å². The van der Waals surface area contributed by atoms with E-state index in [1.54, 1.807) is 19.1 Å². The second-order valence-electron chi connectivity index (χ2n) is 2.77. The van der Waals surface area contributed by atoms with E-state index in [1.807, 2.05) is 0 Å². The first-order valence-corrected chi connectivity index (χ1v) is 4.71. The summed E-state index contributed by atoms with van der Waals surface area (Å²) in [5.74, 6) is -0.421. The molecule has 0 aliphatic carbocycles. The van der Waals surface area contributed by atoms with Gasteiger partial charge < -0.3 is 14.2 Å². The zero-order valence-electron chi connectivity index (χ0n) is 9.06. The summed E-state index contributed by atoms with van der Waals surface area (Å²) in [4.78, 5) is 22.4. The number of carbonyl (C=O) groups is 2. The van der Waals surface area contributed by atoms with E-state index in [9.17, 15) is 9.59 Å². The van der Waals surface area contributed by atoms with Crippen LogP contribution in [0.5, 0.6) is 5.75 Å². The molecular formula is C11H12O5. The minimum Gasteiger partial charge on any atom is -0.462 e. The van der Waals surface area contributed by atoms with Crippen LogP contribution < -0.4 is 4.74 Å². The number of rotatable bonds is 3. The normalized spacial score (nSPS) is 9.38. The molecule has 86 valence electrons. The second-order valence-corrected chi connectivity index (χ2v) is 2.77. The fourth-order valence-electron chi connectivity index (χ4n) is 1.06. The molecule has 0 spiro atoms. The summed E-state index contributed by atoms with van der Waals surface area (Å²) in [7, 11) is 1.19. The Morgan fingerprint density at radius 2 is 1.94 bits per heavy atom. The highest BCUT2D eigenvalue weighted by atomic mass is 16.7. The van der Waals surface area contributed by atoms with Crippen LogP contribution in [0.15, 0.2) is 24.3 Å². The molecule has 0 saturated heterocycles. The Hall–Kier alpha value is -2.04. The number of para-hydroxylation sites is 1. The van der Waals surface area contributed by atoms with Crippen molar-refractivity contribution in [2.45, 2.75) is 6.92 Å². The monoisotopic (exact) mass is 224 g/mol. The molecule has 0 aliphatic rings. The Morgan fingerprint density at radius 1 is 1.25 bits per heavy atom. The molecule has 0 atom stereocenters. The van der Waals surface area contributed by atoms with Gasteiger partial charge in [-0.25, -0.2) is 9.59 Å². The molecular weight excluding hydrogens is 212 g/mol. The van der Waals surface area contributed by atoms with Gasteiger partial charge in [0.05, 0.1) is 13.7 Å². The number of hydrogen-bond acceptors (Lipinski definition) is 5. The number of ether oxygens (including phenoxy) is 3. The van der Waals surface area contributed by atoms with Gasteiger partial charge in [-0.1, -0.05) is 12.1 Å². The minimum atomic E-state index is -0.878. The summed E-state index contributed by atoms with van der Waals surface area (Å²) in [6.07, 6.45) is -0.878. The molecule has 0 heterocycles. The zero-order chi connectivity index (χ0) is 12.0. The SMILES string of the molecule is CCOC(=O)c1ccccc1OC(=O)OC. The van der Waals surface area contributed by atoms with Crippen LogP contribution in [0.2, 0.25) is 0 Å². The first-order chi connectivity index (χ1) is 7.69. The van der Waals surface area contributed by atoms with Crippen LogP contribution in [0.25, 0.3) is 0 Å². The van der Waals surface area contributed by atoms with Gasteiger partial charge >= 0.3 is 12.1 Å². The topological polar surface area (TPSA) is 61.8 Å². The van der Waals surface area contributed by atoms with Crippen molar-refractivity contribution in [1.82, 2.24) is 0 Å². The third kappa shape index (κ3) is 2.98. The summed E-state index contributed by atoms with van der Waals surface area (Å²) >= 11 is 0. The van der Waals surface area contributed by atoms with Crippen LogP contribution in [0.1, 0.15) is 17.3 Å². The average Bonchev–Trinajstić information content (AvgIpc) is 2.30. The lowest BCUT2D eigenvalue weighted by atomic mass is 10.2. The highest BCUT2D eigenvalue weighted by Crippen LogP contribution is 2.19. The first kappa shape index (κ1) is 12.0. The van der Waals surface area contributed by atoms with Crippen molar-refractivity contribution in [2.75, 3.05) is 13.7 Å². The molecule has 5 nitrogen and oxygen atoms in total. The molecule has 1 rings (SSSR count). The standard InChI is InChI=1S/C11H12O5/c1-3-15-10(12)8-6-4-5-7-9(8)16-11(13)14-2/h4-7H,3H2,1-2H3. The van der Waals surface area contributed by atoms with Gasteiger partial charge in [0.15, 0.2) is 0 Å². The summed E-state index contributed by atoms with van der Waals surface area (Å²) < 4.78 is 13.9. The molecule has 0 saturated carbocycles. The largest absolute Gasteiger partial charge is 0.513 e. The smallest absolute Gasteiger partial charge is 0.462 e. The van der Waals surface area contributed by atoms with Gasteiger partial charge in [0.25, 0.3) is 0 Å². The highest BCUT2D eigenvalue weighted by Gasteiger charge is 2.15. The van der Waals surface area contributed by atoms with Gasteiger partial charge in [0.1, 0.15) is 11.3 Å². The summed E-state index contributed by atoms with van der Waals surface area (Å²) in [5.41, 5.74) is 0.190. The molecule has 16 heavy (non-hydrogen) atoms. The molecule has 0 N–H and O–H groups in total. The molecule has 0 bridgehead atoms. The van der Waals surface area contributed by atoms with Crippen molar-refractivity contribution < 1.29 is 23.8 Å². The minimum absolute atomic E-state index is 0.118. The average molecular weight is 224 g/mol. The first-order valence-electron chi connectivity index (χ1n) is 4.71. The fourth-order valence-corrected chi connectivity index (χ4v) is 1.06. The molecule has 0 unspecified atom stereocenters. The van der Waals surface area contributed by atoms with Gasteiger partial charge in [0, 0.05) is 0 Å². The van der Waals surface area contributed by atoms with Crippen molar-refractivity contribution in [3.8, 4) is 5.75 Å². The molecule has 0 aromatic heterocycles. The Balaban J connectivity index is 2.91. The van der Waals surface area contributed by atoms with E-state index in [0.29, 0.717) is 0 Å². The van der Waals surface area contributed by atoms with Gasteiger partial charge in [-0.15, -0.1) is 0 Å². The fraction of sp³-hybridized carbons (Fsp3) is 0.273. The molecule has 0 amide bonds. The van der Waals surface area contributed by atoms with E-state index in [0.717, 1.165) is 0 Å². The maximum Gasteiger partial charge on any atom is 0.513 e. The summed E-state index contributed by atoms with van der Waals surface area (Å²) in [5, 5.41) is 0. The number of esters is 1. The Bertz CT molecular complexity index is 386. The lowest BCUT2D eigenvalue weighted by Crippen LogP contribution is -2.12. The van der Waals surface area contributed by atoms with E-state index in [2.05, 4.69) is 4.74 Å². The number of carbonyl (C=O) groups excluding carboxylic acids is 2. The number of hydrogen-bond donors (Lipinski definition) is 0. The van der Waals surface area contributed by atoms with E-state index < -0.39 is 12.1 Å². The predicted molar refractivity (Wildman–Crippen MR) is 55.4 cm³/mol. The van der Waals surface area contributed by atoms with Crippen LogP contribution in [-0.2, 0) is 9.47 Å². The quantitative estimate of drug-likeness (QED) is 0.580. The summed E-state index contributed by atoms with van der Waals surface area (Å²) in [6, 6.07) is 6.29. The third-order valence-electron chi connectivity index (χ3n) is 1.74. The summed E-state index contributed by atoms with van der Waals surface area (Å²) in [6.45, 7) is 1.95. The van der Waals surface area contributed by atoms with Crippen molar-refractivity contribution >= 4 is 12.1 Å². The van der Waals surface area contributed by atoms with Crippen molar-refractivity contribution in [3.63, 3.8) is 0 Å². The van der Waals surface area contributed by atoms with Crippen LogP contribution >= 0.6 is 0 Å². The molecule has 0 fully saturated rings. The molecule has 1 aromatic carbocycles. The van der Waals surface area contributed by atoms with E-state index >= 15 is 0 Å². The van der Waals surface area contributed by atoms with Crippen LogP contribution in [0.3, 0.4) is 0 Å². The van der Waals surface area contributed by atoms with Gasteiger partial charge in [-0.05, 0) is 19.1 Å². The maximum absolute atomic E-state index is 11.5. The van der Waals surface area contributed by atoms with E-state index in [-0.39, 0.29) is 17.9 Å². The van der Waals surface area contributed by atoms with Crippen LogP contribution in [0, 0.1) is 0 Å². The van der Waals surface area contributed by atoms with E-state index in [4.69, 9.17) is 9.47 Å². The zero-order valence-corrected chi connectivity index (χ0v) is 9.06. The maximum atomic E-state index is 11.5. The van der Waals surface area contributed by atoms with Gasteiger partial charge in [-0.2, -0.15) is 0 Å². The Morgan fingerprint density at radius 3 is 2.56 bits per heavy atom. The molecule has 0 aliphatic heterocycles.